The van der Waals surface area contributed by atoms with E-state index in [9.17, 15) is 9.59 Å². The maximum absolute atomic E-state index is 13.2. The first-order valence-corrected chi connectivity index (χ1v) is 10.7. The van der Waals surface area contributed by atoms with Gasteiger partial charge in [0.15, 0.2) is 5.82 Å². The zero-order valence-electron chi connectivity index (χ0n) is 18.7. The molecule has 0 aliphatic carbocycles. The first-order chi connectivity index (χ1) is 14.3. The van der Waals surface area contributed by atoms with Crippen molar-refractivity contribution in [2.75, 3.05) is 23.7 Å². The molecule has 1 aromatic heterocycles. The van der Waals surface area contributed by atoms with E-state index in [2.05, 4.69) is 50.4 Å². The Labute approximate surface area is 179 Å². The van der Waals surface area contributed by atoms with Crippen LogP contribution < -0.4 is 10.6 Å². The number of nitrogens with one attached hydrogen (secondary N) is 2. The van der Waals surface area contributed by atoms with Gasteiger partial charge in [0.2, 0.25) is 5.91 Å². The normalized spacial score (nSPS) is 11.0. The predicted octanol–water partition coefficient (Wildman–Crippen LogP) is 5.58. The highest BCUT2D eigenvalue weighted by Gasteiger charge is 2.21. The van der Waals surface area contributed by atoms with Crippen molar-refractivity contribution < 1.29 is 14.1 Å². The highest BCUT2D eigenvalue weighted by atomic mass is 16.5. The van der Waals surface area contributed by atoms with E-state index >= 15 is 0 Å². The number of carbonyl (C=O) groups excluding carboxylic acids is 2. The van der Waals surface area contributed by atoms with Crippen molar-refractivity contribution in [3.8, 4) is 0 Å². The second-order valence-electron chi connectivity index (χ2n) is 8.11. The number of hydrogen-bond donors (Lipinski definition) is 2. The van der Waals surface area contributed by atoms with E-state index in [0.29, 0.717) is 12.4 Å². The van der Waals surface area contributed by atoms with Crippen molar-refractivity contribution in [2.45, 2.75) is 65.7 Å². The highest BCUT2D eigenvalue weighted by molar-refractivity contribution is 5.97. The molecule has 30 heavy (non-hydrogen) atoms. The number of benzene rings is 1. The lowest BCUT2D eigenvalue weighted by atomic mass is 9.93. The first kappa shape index (κ1) is 23.4. The van der Waals surface area contributed by atoms with Crippen LogP contribution >= 0.6 is 0 Å². The molecular formula is C23H34N4O3. The summed E-state index contributed by atoms with van der Waals surface area (Å²) in [4.78, 5) is 27.2. The summed E-state index contributed by atoms with van der Waals surface area (Å²) in [6.07, 6.45) is 4.25. The quantitative estimate of drug-likeness (QED) is 0.497. The molecule has 7 nitrogen and oxygen atoms in total. The Morgan fingerprint density at radius 2 is 1.70 bits per heavy atom. The molecule has 0 aliphatic heterocycles. The molecule has 164 valence electrons. The van der Waals surface area contributed by atoms with Crippen LogP contribution in [0.3, 0.4) is 0 Å². The van der Waals surface area contributed by atoms with E-state index in [1.54, 1.807) is 11.0 Å². The molecular weight excluding hydrogens is 380 g/mol. The summed E-state index contributed by atoms with van der Waals surface area (Å²) in [5.41, 5.74) is 3.04. The molecule has 2 aromatic rings. The molecule has 0 spiro atoms. The topological polar surface area (TPSA) is 87.5 Å². The second-order valence-corrected chi connectivity index (χ2v) is 8.11. The van der Waals surface area contributed by atoms with Crippen molar-refractivity contribution in [1.29, 1.82) is 0 Å². The van der Waals surface area contributed by atoms with Gasteiger partial charge in [-0.3, -0.25) is 4.79 Å². The molecule has 0 bridgehead atoms. The lowest BCUT2D eigenvalue weighted by Gasteiger charge is -2.26. The molecule has 0 saturated carbocycles. The van der Waals surface area contributed by atoms with Gasteiger partial charge in [0.1, 0.15) is 12.8 Å². The lowest BCUT2D eigenvalue weighted by Crippen LogP contribution is -2.41. The van der Waals surface area contributed by atoms with Crippen molar-refractivity contribution >= 4 is 23.4 Å². The van der Waals surface area contributed by atoms with Crippen LogP contribution in [0.5, 0.6) is 0 Å². The minimum absolute atomic E-state index is 0.0523. The fourth-order valence-corrected chi connectivity index (χ4v) is 3.32. The monoisotopic (exact) mass is 414 g/mol. The standard InChI is InChI=1S/C23H34N4O3/c1-6-7-8-13-27(15-21(28)24-20-12-14-30-26-20)23(29)25-22-18(16(2)3)10-9-11-19(22)17(4)5/h9-12,14,16-17H,6-8,13,15H2,1-5H3,(H,25,29)(H,24,26,28). The molecule has 3 amide bonds. The molecule has 0 aliphatic rings. The molecule has 0 unspecified atom stereocenters. The van der Waals surface area contributed by atoms with Gasteiger partial charge >= 0.3 is 6.03 Å². The Morgan fingerprint density at radius 3 is 2.23 bits per heavy atom. The maximum atomic E-state index is 13.2. The average Bonchev–Trinajstić information content (AvgIpc) is 3.19. The zero-order valence-corrected chi connectivity index (χ0v) is 18.7. The summed E-state index contributed by atoms with van der Waals surface area (Å²) in [5, 5.41) is 9.45. The molecule has 0 atom stereocenters. The van der Waals surface area contributed by atoms with Crippen molar-refractivity contribution in [3.05, 3.63) is 41.7 Å². The molecule has 7 heteroatoms. The van der Waals surface area contributed by atoms with E-state index in [1.807, 2.05) is 18.2 Å². The van der Waals surface area contributed by atoms with Gasteiger partial charge < -0.3 is 20.1 Å². The fourth-order valence-electron chi connectivity index (χ4n) is 3.32. The summed E-state index contributed by atoms with van der Waals surface area (Å²) < 4.78 is 4.74. The minimum Gasteiger partial charge on any atom is -0.363 e. The average molecular weight is 415 g/mol. The van der Waals surface area contributed by atoms with Crippen LogP contribution in [0.15, 0.2) is 35.1 Å². The predicted molar refractivity (Wildman–Crippen MR) is 120 cm³/mol. The van der Waals surface area contributed by atoms with Crippen LogP contribution in [0.1, 0.15) is 76.8 Å². The van der Waals surface area contributed by atoms with Crippen LogP contribution in [0.4, 0.5) is 16.3 Å². The fraction of sp³-hybridized carbons (Fsp3) is 0.522. The number of amides is 3. The largest absolute Gasteiger partial charge is 0.363 e. The van der Waals surface area contributed by atoms with Crippen LogP contribution in [0.2, 0.25) is 0 Å². The summed E-state index contributed by atoms with van der Waals surface area (Å²) in [5.74, 6) is 0.559. The van der Waals surface area contributed by atoms with E-state index in [0.717, 1.165) is 36.1 Å². The number of unbranched alkanes of at least 4 members (excludes halogenated alkanes) is 2. The van der Waals surface area contributed by atoms with Gasteiger partial charge in [-0.1, -0.05) is 70.8 Å². The molecule has 1 aromatic carbocycles. The summed E-state index contributed by atoms with van der Waals surface area (Å²) >= 11 is 0. The number of rotatable bonds is 10. The number of para-hydroxylation sites is 1. The third-order valence-electron chi connectivity index (χ3n) is 4.96. The lowest BCUT2D eigenvalue weighted by molar-refractivity contribution is -0.116. The van der Waals surface area contributed by atoms with Crippen molar-refractivity contribution in [2.24, 2.45) is 0 Å². The maximum Gasteiger partial charge on any atom is 0.322 e. The SMILES string of the molecule is CCCCCN(CC(=O)Nc1ccon1)C(=O)Nc1c(C(C)C)cccc1C(C)C. The molecule has 0 saturated heterocycles. The third kappa shape index (κ3) is 6.61. The summed E-state index contributed by atoms with van der Waals surface area (Å²) in [7, 11) is 0. The van der Waals surface area contributed by atoms with E-state index in [1.165, 1.54) is 6.26 Å². The number of nitrogens with zero attached hydrogens (tertiary/aromatic N) is 2. The van der Waals surface area contributed by atoms with Gasteiger partial charge in [-0.05, 0) is 29.4 Å². The van der Waals surface area contributed by atoms with Crippen LogP contribution in [-0.4, -0.2) is 35.1 Å². The Kier molecular flexibility index (Phi) is 8.89. The van der Waals surface area contributed by atoms with Crippen LogP contribution in [0, 0.1) is 0 Å². The smallest absolute Gasteiger partial charge is 0.322 e. The number of carbonyl (C=O) groups is 2. The Hall–Kier alpha value is -2.83. The van der Waals surface area contributed by atoms with Crippen LogP contribution in [0.25, 0.3) is 0 Å². The van der Waals surface area contributed by atoms with Crippen molar-refractivity contribution in [1.82, 2.24) is 10.1 Å². The number of urea groups is 1. The number of hydrogen-bond acceptors (Lipinski definition) is 4. The van der Waals surface area contributed by atoms with Gasteiger partial charge in [-0.15, -0.1) is 0 Å². The van der Waals surface area contributed by atoms with Gasteiger partial charge in [-0.2, -0.15) is 0 Å². The van der Waals surface area contributed by atoms with Gasteiger partial charge in [0, 0.05) is 18.3 Å². The van der Waals surface area contributed by atoms with Crippen LogP contribution in [-0.2, 0) is 4.79 Å². The highest BCUT2D eigenvalue weighted by Crippen LogP contribution is 2.32. The van der Waals surface area contributed by atoms with Gasteiger partial charge in [0.05, 0.1) is 0 Å². The minimum atomic E-state index is -0.309. The van der Waals surface area contributed by atoms with E-state index in [4.69, 9.17) is 4.52 Å². The van der Waals surface area contributed by atoms with Gasteiger partial charge in [0.25, 0.3) is 0 Å². The summed E-state index contributed by atoms with van der Waals surface area (Å²) in [6, 6.07) is 7.42. The van der Waals surface area contributed by atoms with E-state index < -0.39 is 0 Å². The first-order valence-electron chi connectivity index (χ1n) is 10.7. The Morgan fingerprint density at radius 1 is 1.03 bits per heavy atom. The Bertz CT molecular complexity index is 790. The second kappa shape index (κ2) is 11.4. The third-order valence-corrected chi connectivity index (χ3v) is 4.96. The molecule has 0 radical (unpaired) electrons. The molecule has 2 rings (SSSR count). The Balaban J connectivity index is 2.20. The molecule has 2 N–H and O–H groups in total. The van der Waals surface area contributed by atoms with E-state index in [-0.39, 0.29) is 30.3 Å². The summed E-state index contributed by atoms with van der Waals surface area (Å²) in [6.45, 7) is 11.0. The molecule has 1 heterocycles. The number of aromatic nitrogens is 1. The number of anilines is 2. The van der Waals surface area contributed by atoms with Gasteiger partial charge in [-0.25, -0.2) is 4.79 Å². The zero-order chi connectivity index (χ0) is 22.1. The molecule has 0 fully saturated rings. The van der Waals surface area contributed by atoms with Crippen molar-refractivity contribution in [3.63, 3.8) is 0 Å².